The summed E-state index contributed by atoms with van der Waals surface area (Å²) in [5.41, 5.74) is 0.00539. The Morgan fingerprint density at radius 2 is 2.05 bits per heavy atom. The van der Waals surface area contributed by atoms with Crippen LogP contribution in [0.15, 0.2) is 18.2 Å². The lowest BCUT2D eigenvalue weighted by atomic mass is 9.94. The van der Waals surface area contributed by atoms with Crippen LogP contribution in [0.2, 0.25) is 10.0 Å². The zero-order chi connectivity index (χ0) is 15.3. The maximum absolute atomic E-state index is 11.9. The van der Waals surface area contributed by atoms with Gasteiger partial charge in [0, 0.05) is 39.0 Å². The standard InChI is InChI=1S/C15H19Cl2NO3/c16-12-3-1-2-11(14(12)17)4-5-13(19)18-10-15(20)6-8-21-9-7-15/h1-3,20H,4-10H2,(H,18,19). The number of aliphatic hydroxyl groups is 1. The fraction of sp³-hybridized carbons (Fsp3) is 0.533. The maximum atomic E-state index is 11.9. The Morgan fingerprint density at radius 3 is 2.76 bits per heavy atom. The Morgan fingerprint density at radius 1 is 1.33 bits per heavy atom. The van der Waals surface area contributed by atoms with Crippen LogP contribution in [0.25, 0.3) is 0 Å². The van der Waals surface area contributed by atoms with Gasteiger partial charge in [-0.1, -0.05) is 35.3 Å². The summed E-state index contributed by atoms with van der Waals surface area (Å²) in [7, 11) is 0. The summed E-state index contributed by atoms with van der Waals surface area (Å²) >= 11 is 12.0. The number of nitrogens with one attached hydrogen (secondary N) is 1. The molecule has 1 fully saturated rings. The zero-order valence-electron chi connectivity index (χ0n) is 11.7. The molecule has 0 aliphatic carbocycles. The molecule has 1 saturated heterocycles. The summed E-state index contributed by atoms with van der Waals surface area (Å²) in [6.45, 7) is 1.33. The molecule has 0 unspecified atom stereocenters. The predicted octanol–water partition coefficient (Wildman–Crippen LogP) is 2.58. The molecule has 21 heavy (non-hydrogen) atoms. The molecule has 0 saturated carbocycles. The van der Waals surface area contributed by atoms with Gasteiger partial charge < -0.3 is 15.2 Å². The lowest BCUT2D eigenvalue weighted by Crippen LogP contribution is -2.46. The molecule has 0 bridgehead atoms. The van der Waals surface area contributed by atoms with E-state index in [-0.39, 0.29) is 12.5 Å². The van der Waals surface area contributed by atoms with E-state index in [0.29, 0.717) is 48.9 Å². The second-order valence-electron chi connectivity index (χ2n) is 5.33. The Bertz CT molecular complexity index is 502. The second kappa shape index (κ2) is 7.45. The first-order chi connectivity index (χ1) is 10.0. The number of benzene rings is 1. The molecule has 2 N–H and O–H groups in total. The lowest BCUT2D eigenvalue weighted by molar-refractivity contribution is -0.123. The van der Waals surface area contributed by atoms with Crippen LogP contribution < -0.4 is 5.32 Å². The van der Waals surface area contributed by atoms with Crippen molar-refractivity contribution in [2.24, 2.45) is 0 Å². The van der Waals surface area contributed by atoms with Crippen molar-refractivity contribution in [1.82, 2.24) is 5.32 Å². The highest BCUT2D eigenvalue weighted by atomic mass is 35.5. The van der Waals surface area contributed by atoms with Crippen LogP contribution in [0.4, 0.5) is 0 Å². The quantitative estimate of drug-likeness (QED) is 0.871. The van der Waals surface area contributed by atoms with Crippen LogP contribution in [0.3, 0.4) is 0 Å². The first-order valence-corrected chi connectivity index (χ1v) is 7.75. The van der Waals surface area contributed by atoms with Gasteiger partial charge in [0.05, 0.1) is 15.6 Å². The Labute approximate surface area is 134 Å². The SMILES string of the molecule is O=C(CCc1cccc(Cl)c1Cl)NCC1(O)CCOCC1. The van der Waals surface area contributed by atoms with Gasteiger partial charge in [0.15, 0.2) is 0 Å². The summed E-state index contributed by atoms with van der Waals surface area (Å²) < 4.78 is 5.20. The molecule has 1 aromatic carbocycles. The van der Waals surface area contributed by atoms with Gasteiger partial charge in [0.2, 0.25) is 5.91 Å². The Hall–Kier alpha value is -0.810. The monoisotopic (exact) mass is 331 g/mol. The van der Waals surface area contributed by atoms with Crippen molar-refractivity contribution in [1.29, 1.82) is 0 Å². The Balaban J connectivity index is 1.78. The summed E-state index contributed by atoms with van der Waals surface area (Å²) in [4.78, 5) is 11.9. The highest BCUT2D eigenvalue weighted by molar-refractivity contribution is 6.42. The molecule has 1 amide bonds. The molecule has 0 aromatic heterocycles. The van der Waals surface area contributed by atoms with Crippen LogP contribution in [0, 0.1) is 0 Å². The van der Waals surface area contributed by atoms with Crippen LogP contribution in [0.5, 0.6) is 0 Å². The van der Waals surface area contributed by atoms with Gasteiger partial charge in [-0.15, -0.1) is 0 Å². The molecular formula is C15H19Cl2NO3. The number of rotatable bonds is 5. The van der Waals surface area contributed by atoms with Crippen LogP contribution in [-0.4, -0.2) is 36.4 Å². The smallest absolute Gasteiger partial charge is 0.220 e. The van der Waals surface area contributed by atoms with Crippen molar-refractivity contribution in [3.63, 3.8) is 0 Å². The number of ether oxygens (including phenoxy) is 1. The highest BCUT2D eigenvalue weighted by Crippen LogP contribution is 2.26. The summed E-state index contributed by atoms with van der Waals surface area (Å²) in [5, 5.41) is 14.0. The van der Waals surface area contributed by atoms with Crippen molar-refractivity contribution in [2.75, 3.05) is 19.8 Å². The maximum Gasteiger partial charge on any atom is 0.220 e. The van der Waals surface area contributed by atoms with Crippen molar-refractivity contribution in [3.05, 3.63) is 33.8 Å². The van der Waals surface area contributed by atoms with Gasteiger partial charge in [0.25, 0.3) is 0 Å². The van der Waals surface area contributed by atoms with E-state index >= 15 is 0 Å². The van der Waals surface area contributed by atoms with Gasteiger partial charge in [0.1, 0.15) is 0 Å². The summed E-state index contributed by atoms with van der Waals surface area (Å²) in [5.74, 6) is -0.106. The van der Waals surface area contributed by atoms with Crippen LogP contribution >= 0.6 is 23.2 Å². The van der Waals surface area contributed by atoms with Gasteiger partial charge in [-0.2, -0.15) is 0 Å². The van der Waals surface area contributed by atoms with E-state index in [2.05, 4.69) is 5.32 Å². The normalized spacial score (nSPS) is 17.5. The average molecular weight is 332 g/mol. The summed E-state index contributed by atoms with van der Waals surface area (Å²) in [6, 6.07) is 5.38. The van der Waals surface area contributed by atoms with Gasteiger partial charge in [-0.3, -0.25) is 4.79 Å². The van der Waals surface area contributed by atoms with Crippen LogP contribution in [-0.2, 0) is 16.0 Å². The third-order valence-electron chi connectivity index (χ3n) is 3.69. The van der Waals surface area contributed by atoms with Gasteiger partial charge in [-0.25, -0.2) is 0 Å². The first-order valence-electron chi connectivity index (χ1n) is 7.00. The molecule has 0 radical (unpaired) electrons. The number of aryl methyl sites for hydroxylation is 1. The third-order valence-corrected chi connectivity index (χ3v) is 4.55. The number of carbonyl (C=O) groups excluding carboxylic acids is 1. The van der Waals surface area contributed by atoms with Crippen molar-refractivity contribution in [3.8, 4) is 0 Å². The molecule has 0 atom stereocenters. The molecule has 1 aliphatic heterocycles. The number of halogens is 2. The molecular weight excluding hydrogens is 313 g/mol. The molecule has 4 nitrogen and oxygen atoms in total. The largest absolute Gasteiger partial charge is 0.388 e. The number of carbonyl (C=O) groups is 1. The molecule has 2 rings (SSSR count). The molecule has 0 spiro atoms. The molecule has 1 aliphatic rings. The predicted molar refractivity (Wildman–Crippen MR) is 82.8 cm³/mol. The number of hydrogen-bond donors (Lipinski definition) is 2. The van der Waals surface area contributed by atoms with Crippen molar-refractivity contribution >= 4 is 29.1 Å². The molecule has 1 aromatic rings. The number of amides is 1. The fourth-order valence-electron chi connectivity index (χ4n) is 2.27. The average Bonchev–Trinajstić information content (AvgIpc) is 2.47. The molecule has 1 heterocycles. The van der Waals surface area contributed by atoms with E-state index in [1.165, 1.54) is 0 Å². The van der Waals surface area contributed by atoms with E-state index < -0.39 is 5.60 Å². The minimum Gasteiger partial charge on any atom is -0.388 e. The zero-order valence-corrected chi connectivity index (χ0v) is 13.2. The van der Waals surface area contributed by atoms with E-state index in [4.69, 9.17) is 27.9 Å². The van der Waals surface area contributed by atoms with E-state index in [1.54, 1.807) is 6.07 Å². The number of hydrogen-bond acceptors (Lipinski definition) is 3. The fourth-order valence-corrected chi connectivity index (χ4v) is 2.68. The van der Waals surface area contributed by atoms with E-state index in [0.717, 1.165) is 5.56 Å². The van der Waals surface area contributed by atoms with Crippen LogP contribution in [0.1, 0.15) is 24.8 Å². The topological polar surface area (TPSA) is 58.6 Å². The van der Waals surface area contributed by atoms with E-state index in [9.17, 15) is 9.90 Å². The third kappa shape index (κ3) is 4.85. The molecule has 116 valence electrons. The second-order valence-corrected chi connectivity index (χ2v) is 6.11. The molecule has 6 heteroatoms. The lowest BCUT2D eigenvalue weighted by Gasteiger charge is -2.32. The van der Waals surface area contributed by atoms with Gasteiger partial charge >= 0.3 is 0 Å². The van der Waals surface area contributed by atoms with E-state index in [1.807, 2.05) is 12.1 Å². The van der Waals surface area contributed by atoms with Crippen molar-refractivity contribution in [2.45, 2.75) is 31.3 Å². The van der Waals surface area contributed by atoms with Gasteiger partial charge in [-0.05, 0) is 18.1 Å². The first kappa shape index (κ1) is 16.6. The minimum atomic E-state index is -0.846. The summed E-state index contributed by atoms with van der Waals surface area (Å²) in [6.07, 6.45) is 1.93. The minimum absolute atomic E-state index is 0.106. The highest BCUT2D eigenvalue weighted by Gasteiger charge is 2.29. The van der Waals surface area contributed by atoms with Crippen molar-refractivity contribution < 1.29 is 14.6 Å². The Kier molecular flexibility index (Phi) is 5.88.